The van der Waals surface area contributed by atoms with Crippen LogP contribution in [0.15, 0.2) is 0 Å². The van der Waals surface area contributed by atoms with Crippen molar-refractivity contribution in [1.82, 2.24) is 5.32 Å². The number of rotatable bonds is 10. The largest absolute Gasteiger partial charge is 0.380 e. The zero-order valence-corrected chi connectivity index (χ0v) is 11.6. The van der Waals surface area contributed by atoms with Gasteiger partial charge in [-0.3, -0.25) is 0 Å². The molecule has 0 bridgehead atoms. The van der Waals surface area contributed by atoms with E-state index in [-0.39, 0.29) is 0 Å². The molecule has 0 aliphatic heterocycles. The summed E-state index contributed by atoms with van der Waals surface area (Å²) in [7, 11) is 0. The molecule has 1 N–H and O–H groups in total. The summed E-state index contributed by atoms with van der Waals surface area (Å²) in [4.78, 5) is 0. The lowest BCUT2D eigenvalue weighted by atomic mass is 10.1. The predicted octanol–water partition coefficient (Wildman–Crippen LogP) is 3.22. The highest BCUT2D eigenvalue weighted by atomic mass is 16.5. The van der Waals surface area contributed by atoms with E-state index in [2.05, 4.69) is 19.2 Å². The molecule has 2 fully saturated rings. The van der Waals surface area contributed by atoms with Gasteiger partial charge in [0.25, 0.3) is 0 Å². The minimum atomic E-state index is 0.725. The van der Waals surface area contributed by atoms with Crippen molar-refractivity contribution in [2.45, 2.75) is 58.4 Å². The molecule has 0 saturated heterocycles. The van der Waals surface area contributed by atoms with Crippen LogP contribution in [0.25, 0.3) is 0 Å². The van der Waals surface area contributed by atoms with Crippen LogP contribution in [0, 0.1) is 17.8 Å². The van der Waals surface area contributed by atoms with Crippen molar-refractivity contribution >= 4 is 0 Å². The summed E-state index contributed by atoms with van der Waals surface area (Å²) in [6.45, 7) is 7.41. The van der Waals surface area contributed by atoms with E-state index in [1.807, 2.05) is 0 Å². The first-order valence-electron chi connectivity index (χ1n) is 7.62. The zero-order valence-electron chi connectivity index (χ0n) is 11.6. The highest BCUT2D eigenvalue weighted by molar-refractivity contribution is 4.96. The van der Waals surface area contributed by atoms with Crippen LogP contribution in [0.1, 0.15) is 52.4 Å². The third-order valence-electron chi connectivity index (χ3n) is 4.07. The molecule has 0 amide bonds. The number of ether oxygens (including phenoxy) is 1. The van der Waals surface area contributed by atoms with E-state index in [9.17, 15) is 0 Å². The van der Waals surface area contributed by atoms with Crippen LogP contribution in [-0.4, -0.2) is 25.8 Å². The Balaban J connectivity index is 1.47. The second-order valence-electron chi connectivity index (χ2n) is 6.12. The van der Waals surface area contributed by atoms with Crippen LogP contribution in [0.5, 0.6) is 0 Å². The molecule has 0 radical (unpaired) electrons. The van der Waals surface area contributed by atoms with Gasteiger partial charge in [-0.05, 0) is 49.9 Å². The van der Waals surface area contributed by atoms with Gasteiger partial charge in [0.1, 0.15) is 0 Å². The Bertz CT molecular complexity index is 199. The molecule has 2 heteroatoms. The maximum atomic E-state index is 5.74. The lowest BCUT2D eigenvalue weighted by Gasteiger charge is -2.18. The molecule has 1 unspecified atom stereocenters. The van der Waals surface area contributed by atoms with E-state index in [4.69, 9.17) is 4.74 Å². The summed E-state index contributed by atoms with van der Waals surface area (Å²) in [6.07, 6.45) is 8.41. The van der Waals surface area contributed by atoms with E-state index in [0.717, 1.165) is 43.6 Å². The fraction of sp³-hybridized carbons (Fsp3) is 1.00. The van der Waals surface area contributed by atoms with Gasteiger partial charge in [0.15, 0.2) is 0 Å². The molecule has 100 valence electrons. The van der Waals surface area contributed by atoms with Crippen LogP contribution >= 0.6 is 0 Å². The van der Waals surface area contributed by atoms with Crippen molar-refractivity contribution in [2.24, 2.45) is 17.8 Å². The minimum Gasteiger partial charge on any atom is -0.380 e. The Morgan fingerprint density at radius 1 is 1.18 bits per heavy atom. The molecule has 2 aliphatic rings. The Labute approximate surface area is 107 Å². The highest BCUT2D eigenvalue weighted by Crippen LogP contribution is 2.44. The van der Waals surface area contributed by atoms with Gasteiger partial charge in [0, 0.05) is 19.2 Å². The zero-order chi connectivity index (χ0) is 12.1. The molecule has 2 rings (SSSR count). The van der Waals surface area contributed by atoms with Crippen molar-refractivity contribution in [3.05, 3.63) is 0 Å². The maximum Gasteiger partial charge on any atom is 0.0591 e. The van der Waals surface area contributed by atoms with Gasteiger partial charge >= 0.3 is 0 Å². The van der Waals surface area contributed by atoms with Gasteiger partial charge in [0.05, 0.1) is 6.61 Å². The Hall–Kier alpha value is -0.0800. The third kappa shape index (κ3) is 4.97. The van der Waals surface area contributed by atoms with E-state index in [0.29, 0.717) is 0 Å². The second-order valence-corrected chi connectivity index (χ2v) is 6.12. The molecule has 0 aromatic heterocycles. The number of hydrogen-bond donors (Lipinski definition) is 1. The van der Waals surface area contributed by atoms with Crippen molar-refractivity contribution in [3.8, 4) is 0 Å². The standard InChI is InChI=1S/C15H29NO/c1-3-4-12(2)11-17-10-9-16-15(13-5-6-13)14-7-8-14/h12-16H,3-11H2,1-2H3. The van der Waals surface area contributed by atoms with E-state index >= 15 is 0 Å². The van der Waals surface area contributed by atoms with Crippen LogP contribution in [0.4, 0.5) is 0 Å². The molecule has 0 aromatic carbocycles. The SMILES string of the molecule is CCCC(C)COCCNC(C1CC1)C1CC1. The van der Waals surface area contributed by atoms with Crippen LogP contribution in [0.3, 0.4) is 0 Å². The summed E-state index contributed by atoms with van der Waals surface area (Å²) in [6, 6.07) is 0.826. The summed E-state index contributed by atoms with van der Waals surface area (Å²) in [5.74, 6) is 2.73. The number of hydrogen-bond acceptors (Lipinski definition) is 2. The first-order chi connectivity index (χ1) is 8.31. The molecule has 0 aromatic rings. The van der Waals surface area contributed by atoms with Crippen molar-refractivity contribution in [1.29, 1.82) is 0 Å². The second kappa shape index (κ2) is 6.75. The number of nitrogens with one attached hydrogen (secondary N) is 1. The molecule has 2 saturated carbocycles. The van der Waals surface area contributed by atoms with E-state index < -0.39 is 0 Å². The molecule has 2 aliphatic carbocycles. The summed E-state index contributed by atoms with van der Waals surface area (Å²) >= 11 is 0. The molecule has 1 atom stereocenters. The summed E-state index contributed by atoms with van der Waals surface area (Å²) < 4.78 is 5.74. The fourth-order valence-electron chi connectivity index (χ4n) is 2.79. The van der Waals surface area contributed by atoms with Gasteiger partial charge in [-0.2, -0.15) is 0 Å². The maximum absolute atomic E-state index is 5.74. The fourth-order valence-corrected chi connectivity index (χ4v) is 2.79. The van der Waals surface area contributed by atoms with Gasteiger partial charge in [-0.15, -0.1) is 0 Å². The predicted molar refractivity (Wildman–Crippen MR) is 72.1 cm³/mol. The van der Waals surface area contributed by atoms with Crippen molar-refractivity contribution in [3.63, 3.8) is 0 Å². The Morgan fingerprint density at radius 2 is 1.82 bits per heavy atom. The van der Waals surface area contributed by atoms with Gasteiger partial charge < -0.3 is 10.1 Å². The summed E-state index contributed by atoms with van der Waals surface area (Å²) in [5.41, 5.74) is 0. The van der Waals surface area contributed by atoms with Crippen molar-refractivity contribution in [2.75, 3.05) is 19.8 Å². The first-order valence-corrected chi connectivity index (χ1v) is 7.62. The van der Waals surface area contributed by atoms with Gasteiger partial charge in [-0.1, -0.05) is 20.3 Å². The van der Waals surface area contributed by atoms with E-state index in [1.165, 1.54) is 38.5 Å². The molecular weight excluding hydrogens is 210 g/mol. The first kappa shape index (κ1) is 13.4. The van der Waals surface area contributed by atoms with Crippen LogP contribution in [-0.2, 0) is 4.74 Å². The lowest BCUT2D eigenvalue weighted by molar-refractivity contribution is 0.101. The Kier molecular flexibility index (Phi) is 5.30. The van der Waals surface area contributed by atoms with Crippen LogP contribution < -0.4 is 5.32 Å². The van der Waals surface area contributed by atoms with Crippen LogP contribution in [0.2, 0.25) is 0 Å². The lowest BCUT2D eigenvalue weighted by Crippen LogP contribution is -2.35. The molecular formula is C15H29NO. The summed E-state index contributed by atoms with van der Waals surface area (Å²) in [5, 5.41) is 3.72. The molecule has 0 heterocycles. The average molecular weight is 239 g/mol. The van der Waals surface area contributed by atoms with Gasteiger partial charge in [-0.25, -0.2) is 0 Å². The van der Waals surface area contributed by atoms with Crippen molar-refractivity contribution < 1.29 is 4.74 Å². The molecule has 17 heavy (non-hydrogen) atoms. The topological polar surface area (TPSA) is 21.3 Å². The monoisotopic (exact) mass is 239 g/mol. The molecule has 0 spiro atoms. The quantitative estimate of drug-likeness (QED) is 0.591. The third-order valence-corrected chi connectivity index (χ3v) is 4.07. The minimum absolute atomic E-state index is 0.725. The smallest absolute Gasteiger partial charge is 0.0591 e. The Morgan fingerprint density at radius 3 is 2.35 bits per heavy atom. The van der Waals surface area contributed by atoms with E-state index in [1.54, 1.807) is 0 Å². The van der Waals surface area contributed by atoms with Gasteiger partial charge in [0.2, 0.25) is 0 Å². The average Bonchev–Trinajstić information content (AvgIpc) is 3.16. The highest BCUT2D eigenvalue weighted by Gasteiger charge is 2.40. The normalized spacial score (nSPS) is 22.1. The molecule has 2 nitrogen and oxygen atoms in total.